The molecule has 0 amide bonds. The summed E-state index contributed by atoms with van der Waals surface area (Å²) in [5.41, 5.74) is 2.36. The molecule has 0 aromatic carbocycles. The van der Waals surface area contributed by atoms with Gasteiger partial charge in [0.2, 0.25) is 0 Å². The molecule has 0 unspecified atom stereocenters. The number of thiophene rings is 1. The van der Waals surface area contributed by atoms with Crippen molar-refractivity contribution in [3.63, 3.8) is 0 Å². The van der Waals surface area contributed by atoms with Crippen molar-refractivity contribution in [2.24, 2.45) is 0 Å². The van der Waals surface area contributed by atoms with E-state index in [1.807, 2.05) is 29.7 Å². The van der Waals surface area contributed by atoms with Gasteiger partial charge >= 0.3 is 0 Å². The van der Waals surface area contributed by atoms with E-state index < -0.39 is 0 Å². The Hall–Kier alpha value is -2.18. The van der Waals surface area contributed by atoms with E-state index in [1.54, 1.807) is 6.20 Å². The van der Waals surface area contributed by atoms with Gasteiger partial charge in [0.15, 0.2) is 0 Å². The molecule has 4 rings (SSSR count). The summed E-state index contributed by atoms with van der Waals surface area (Å²) in [5, 5.41) is 7.06. The summed E-state index contributed by atoms with van der Waals surface area (Å²) in [6.45, 7) is 7.39. The topological polar surface area (TPSA) is 48.1 Å². The molecule has 5 nitrogen and oxygen atoms in total. The minimum absolute atomic E-state index is 1.02. The molecule has 1 aliphatic rings. The number of aryl methyl sites for hydroxylation is 1. The maximum absolute atomic E-state index is 4.54. The highest BCUT2D eigenvalue weighted by atomic mass is 32.1. The highest BCUT2D eigenvalue weighted by Gasteiger charge is 2.19. The van der Waals surface area contributed by atoms with Crippen LogP contribution in [0.15, 0.2) is 42.7 Å². The van der Waals surface area contributed by atoms with Gasteiger partial charge in [0.25, 0.3) is 0 Å². The number of hydrogen-bond acceptors (Lipinski definition) is 5. The molecule has 124 valence electrons. The zero-order valence-electron chi connectivity index (χ0n) is 13.8. The van der Waals surface area contributed by atoms with Crippen LogP contribution in [0.1, 0.15) is 10.4 Å². The second kappa shape index (κ2) is 6.75. The summed E-state index contributed by atoms with van der Waals surface area (Å²) < 4.78 is 0. The maximum atomic E-state index is 4.54. The molecule has 1 saturated heterocycles. The molecule has 0 atom stereocenters. The Morgan fingerprint density at radius 3 is 2.71 bits per heavy atom. The largest absolute Gasteiger partial charge is 0.354 e. The third kappa shape index (κ3) is 3.20. The van der Waals surface area contributed by atoms with Gasteiger partial charge in [-0.15, -0.1) is 11.3 Å². The second-order valence-electron chi connectivity index (χ2n) is 6.14. The lowest BCUT2D eigenvalue weighted by Gasteiger charge is -2.35. The van der Waals surface area contributed by atoms with Crippen molar-refractivity contribution in [1.29, 1.82) is 0 Å². The van der Waals surface area contributed by atoms with Crippen molar-refractivity contribution in [3.05, 3.63) is 53.2 Å². The molecule has 1 fully saturated rings. The second-order valence-corrected chi connectivity index (χ2v) is 7.31. The van der Waals surface area contributed by atoms with Crippen molar-refractivity contribution in [3.8, 4) is 10.6 Å². The smallest absolute Gasteiger partial charge is 0.131 e. The van der Waals surface area contributed by atoms with Crippen LogP contribution in [-0.4, -0.2) is 46.3 Å². The molecule has 6 heteroatoms. The van der Waals surface area contributed by atoms with Crippen LogP contribution in [0.25, 0.3) is 10.6 Å². The Morgan fingerprint density at radius 1 is 1.08 bits per heavy atom. The van der Waals surface area contributed by atoms with E-state index in [-0.39, 0.29) is 0 Å². The molecule has 1 aliphatic heterocycles. The fraction of sp³-hybridized carbons (Fsp3) is 0.333. The molecule has 3 aromatic heterocycles. The number of aromatic amines is 1. The van der Waals surface area contributed by atoms with Gasteiger partial charge in [0.1, 0.15) is 5.82 Å². The van der Waals surface area contributed by atoms with Crippen LogP contribution < -0.4 is 4.90 Å². The fourth-order valence-corrected chi connectivity index (χ4v) is 4.17. The normalized spacial score (nSPS) is 15.8. The number of nitrogens with one attached hydrogen (secondary N) is 1. The molecule has 4 heterocycles. The van der Waals surface area contributed by atoms with E-state index >= 15 is 0 Å². The molecular formula is C18H21N5S. The average Bonchev–Trinajstić information content (AvgIpc) is 3.27. The average molecular weight is 339 g/mol. The van der Waals surface area contributed by atoms with E-state index in [4.69, 9.17) is 0 Å². The fourth-order valence-electron chi connectivity index (χ4n) is 3.15. The molecule has 0 bridgehead atoms. The minimum atomic E-state index is 1.02. The van der Waals surface area contributed by atoms with E-state index in [0.29, 0.717) is 0 Å². The zero-order valence-corrected chi connectivity index (χ0v) is 14.6. The summed E-state index contributed by atoms with van der Waals surface area (Å²) in [6.07, 6.45) is 3.69. The third-order valence-corrected chi connectivity index (χ3v) is 5.56. The highest BCUT2D eigenvalue weighted by Crippen LogP contribution is 2.27. The number of aromatic nitrogens is 3. The van der Waals surface area contributed by atoms with Crippen LogP contribution in [0, 0.1) is 6.92 Å². The number of H-pyrrole nitrogens is 1. The first-order valence-corrected chi connectivity index (χ1v) is 9.08. The Kier molecular flexibility index (Phi) is 4.32. The number of rotatable bonds is 4. The van der Waals surface area contributed by atoms with Crippen molar-refractivity contribution in [2.75, 3.05) is 31.1 Å². The lowest BCUT2D eigenvalue weighted by Crippen LogP contribution is -2.46. The number of piperazine rings is 1. The van der Waals surface area contributed by atoms with E-state index in [2.05, 4.69) is 50.1 Å². The van der Waals surface area contributed by atoms with E-state index in [0.717, 1.165) is 44.2 Å². The number of nitrogens with zero attached hydrogens (tertiary/aromatic N) is 4. The molecule has 0 aliphatic carbocycles. The quantitative estimate of drug-likeness (QED) is 0.793. The SMILES string of the molecule is Cc1cccnc1N1CCN(Cc2ccc(-c3ccn[nH]3)s2)CC1. The van der Waals surface area contributed by atoms with Crippen molar-refractivity contribution < 1.29 is 0 Å². The van der Waals surface area contributed by atoms with Gasteiger partial charge < -0.3 is 4.90 Å². The van der Waals surface area contributed by atoms with Crippen LogP contribution in [0.3, 0.4) is 0 Å². The number of anilines is 1. The Morgan fingerprint density at radius 2 is 1.96 bits per heavy atom. The first kappa shape index (κ1) is 15.4. The monoisotopic (exact) mass is 339 g/mol. The van der Waals surface area contributed by atoms with Crippen LogP contribution >= 0.6 is 11.3 Å². The molecule has 1 N–H and O–H groups in total. The van der Waals surface area contributed by atoms with E-state index in [9.17, 15) is 0 Å². The molecule has 3 aromatic rings. The Balaban J connectivity index is 1.36. The summed E-state index contributed by atoms with van der Waals surface area (Å²) in [7, 11) is 0. The van der Waals surface area contributed by atoms with Gasteiger partial charge in [-0.25, -0.2) is 4.98 Å². The van der Waals surface area contributed by atoms with Gasteiger partial charge in [0, 0.05) is 50.0 Å². The van der Waals surface area contributed by atoms with Gasteiger partial charge in [-0.2, -0.15) is 5.10 Å². The first-order chi connectivity index (χ1) is 11.8. The highest BCUT2D eigenvalue weighted by molar-refractivity contribution is 7.15. The lowest BCUT2D eigenvalue weighted by atomic mass is 10.2. The van der Waals surface area contributed by atoms with Gasteiger partial charge in [0.05, 0.1) is 10.6 Å². The minimum Gasteiger partial charge on any atom is -0.354 e. The molecule has 0 radical (unpaired) electrons. The van der Waals surface area contributed by atoms with Crippen molar-refractivity contribution >= 4 is 17.2 Å². The Bertz CT molecular complexity index is 787. The summed E-state index contributed by atoms with van der Waals surface area (Å²) in [6, 6.07) is 10.6. The Labute approximate surface area is 146 Å². The van der Waals surface area contributed by atoms with Gasteiger partial charge in [-0.3, -0.25) is 10.00 Å². The zero-order chi connectivity index (χ0) is 16.4. The maximum Gasteiger partial charge on any atom is 0.131 e. The number of pyridine rings is 1. The molecule has 24 heavy (non-hydrogen) atoms. The van der Waals surface area contributed by atoms with E-state index in [1.165, 1.54) is 15.3 Å². The first-order valence-electron chi connectivity index (χ1n) is 8.27. The van der Waals surface area contributed by atoms with Crippen molar-refractivity contribution in [2.45, 2.75) is 13.5 Å². The molecular weight excluding hydrogens is 318 g/mol. The molecule has 0 saturated carbocycles. The van der Waals surface area contributed by atoms with Crippen molar-refractivity contribution in [1.82, 2.24) is 20.1 Å². The van der Waals surface area contributed by atoms with Crippen LogP contribution in [0.5, 0.6) is 0 Å². The van der Waals surface area contributed by atoms with Crippen LogP contribution in [-0.2, 0) is 6.54 Å². The molecule has 0 spiro atoms. The van der Waals surface area contributed by atoms with Crippen LogP contribution in [0.2, 0.25) is 0 Å². The summed E-state index contributed by atoms with van der Waals surface area (Å²) in [4.78, 5) is 12.1. The van der Waals surface area contributed by atoms with Gasteiger partial charge in [-0.1, -0.05) is 6.07 Å². The standard InChI is InChI=1S/C18H21N5S/c1-14-3-2-7-19-18(14)23-11-9-22(10-12-23)13-15-4-5-17(24-15)16-6-8-20-21-16/h2-8H,9-13H2,1H3,(H,20,21). The summed E-state index contributed by atoms with van der Waals surface area (Å²) in [5.74, 6) is 1.13. The number of hydrogen-bond donors (Lipinski definition) is 1. The van der Waals surface area contributed by atoms with Crippen LogP contribution in [0.4, 0.5) is 5.82 Å². The van der Waals surface area contributed by atoms with Gasteiger partial charge in [-0.05, 0) is 36.8 Å². The third-order valence-electron chi connectivity index (χ3n) is 4.46. The predicted molar refractivity (Wildman–Crippen MR) is 98.4 cm³/mol. The summed E-state index contributed by atoms with van der Waals surface area (Å²) >= 11 is 1.85. The predicted octanol–water partition coefficient (Wildman–Crippen LogP) is 3.16. The lowest BCUT2D eigenvalue weighted by molar-refractivity contribution is 0.251.